The molecule has 5 heteroatoms. The summed E-state index contributed by atoms with van der Waals surface area (Å²) in [6, 6.07) is 9.62. The molecule has 4 nitrogen and oxygen atoms in total. The Hall–Kier alpha value is -2.40. The van der Waals surface area contributed by atoms with Gasteiger partial charge in [0, 0.05) is 12.6 Å². The quantitative estimate of drug-likeness (QED) is 0.835. The molecule has 0 aliphatic heterocycles. The molecule has 2 rings (SSSR count). The Kier molecular flexibility index (Phi) is 5.49. The molecule has 0 saturated carbocycles. The van der Waals surface area contributed by atoms with E-state index in [9.17, 15) is 9.18 Å². The second-order valence-corrected chi connectivity index (χ2v) is 5.12. The molecule has 1 unspecified atom stereocenters. The van der Waals surface area contributed by atoms with Gasteiger partial charge in [0.2, 0.25) is 5.91 Å². The van der Waals surface area contributed by atoms with Crippen LogP contribution in [0.15, 0.2) is 53.2 Å². The van der Waals surface area contributed by atoms with Gasteiger partial charge in [0.15, 0.2) is 0 Å². The van der Waals surface area contributed by atoms with Crippen molar-refractivity contribution in [3.63, 3.8) is 0 Å². The lowest BCUT2D eigenvalue weighted by atomic mass is 10.2. The average Bonchev–Trinajstić information content (AvgIpc) is 3.00. The van der Waals surface area contributed by atoms with E-state index >= 15 is 0 Å². The third-order valence-corrected chi connectivity index (χ3v) is 3.26. The number of hydrogen-bond donors (Lipinski definition) is 1. The molecule has 1 amide bonds. The number of carbonyl (C=O) groups is 1. The van der Waals surface area contributed by atoms with Crippen LogP contribution in [0.1, 0.15) is 17.4 Å². The SMILES string of the molecule is CN(C)C(CNC(=O)/C=C/c1ccc(F)cc1)c1ccco1. The van der Waals surface area contributed by atoms with Gasteiger partial charge in [-0.15, -0.1) is 0 Å². The number of amides is 1. The molecule has 1 aromatic heterocycles. The third-order valence-electron chi connectivity index (χ3n) is 3.26. The third kappa shape index (κ3) is 4.56. The van der Waals surface area contributed by atoms with Gasteiger partial charge < -0.3 is 9.73 Å². The number of likely N-dealkylation sites (N-methyl/N-ethyl adjacent to an activating group) is 1. The molecule has 0 aliphatic rings. The molecular weight excluding hydrogens is 283 g/mol. The number of halogens is 1. The van der Waals surface area contributed by atoms with Gasteiger partial charge in [-0.3, -0.25) is 9.69 Å². The van der Waals surface area contributed by atoms with Crippen molar-refractivity contribution < 1.29 is 13.6 Å². The number of furan rings is 1. The lowest BCUT2D eigenvalue weighted by Gasteiger charge is -2.22. The predicted octanol–water partition coefficient (Wildman–Crippen LogP) is 2.85. The van der Waals surface area contributed by atoms with E-state index in [0.29, 0.717) is 6.54 Å². The highest BCUT2D eigenvalue weighted by Crippen LogP contribution is 2.17. The largest absolute Gasteiger partial charge is 0.468 e. The summed E-state index contributed by atoms with van der Waals surface area (Å²) in [5.74, 6) is 0.296. The van der Waals surface area contributed by atoms with Crippen LogP contribution < -0.4 is 5.32 Å². The highest BCUT2D eigenvalue weighted by atomic mass is 19.1. The van der Waals surface area contributed by atoms with Crippen LogP contribution in [0, 0.1) is 5.82 Å². The molecule has 116 valence electrons. The molecule has 1 atom stereocenters. The van der Waals surface area contributed by atoms with Gasteiger partial charge in [0.1, 0.15) is 11.6 Å². The van der Waals surface area contributed by atoms with Crippen molar-refractivity contribution in [2.24, 2.45) is 0 Å². The van der Waals surface area contributed by atoms with Crippen LogP contribution in [-0.2, 0) is 4.79 Å². The highest BCUT2D eigenvalue weighted by molar-refractivity contribution is 5.91. The molecule has 0 spiro atoms. The summed E-state index contributed by atoms with van der Waals surface area (Å²) in [5, 5.41) is 2.83. The summed E-state index contributed by atoms with van der Waals surface area (Å²) in [4.78, 5) is 13.8. The lowest BCUT2D eigenvalue weighted by Crippen LogP contribution is -2.33. The summed E-state index contributed by atoms with van der Waals surface area (Å²) >= 11 is 0. The standard InChI is InChI=1S/C17H19FN2O2/c1-20(2)15(16-4-3-11-22-16)12-19-17(21)10-7-13-5-8-14(18)9-6-13/h3-11,15H,12H2,1-2H3,(H,19,21)/b10-7+. The van der Waals surface area contributed by atoms with Crippen molar-refractivity contribution in [3.8, 4) is 0 Å². The second-order valence-electron chi connectivity index (χ2n) is 5.12. The first-order valence-electron chi connectivity index (χ1n) is 6.97. The number of benzene rings is 1. The van der Waals surface area contributed by atoms with Crippen LogP contribution >= 0.6 is 0 Å². The van der Waals surface area contributed by atoms with Gasteiger partial charge in [0.25, 0.3) is 0 Å². The number of hydrogen-bond acceptors (Lipinski definition) is 3. The Bertz CT molecular complexity index is 619. The number of carbonyl (C=O) groups excluding carboxylic acids is 1. The van der Waals surface area contributed by atoms with E-state index < -0.39 is 0 Å². The van der Waals surface area contributed by atoms with Crippen LogP contribution in [-0.4, -0.2) is 31.4 Å². The Labute approximate surface area is 129 Å². The van der Waals surface area contributed by atoms with E-state index in [1.807, 2.05) is 31.1 Å². The fourth-order valence-corrected chi connectivity index (χ4v) is 2.02. The minimum absolute atomic E-state index is 0.0295. The maximum Gasteiger partial charge on any atom is 0.244 e. The molecule has 22 heavy (non-hydrogen) atoms. The smallest absolute Gasteiger partial charge is 0.244 e. The van der Waals surface area contributed by atoms with Crippen LogP contribution in [0.5, 0.6) is 0 Å². The van der Waals surface area contributed by atoms with Crippen molar-refractivity contribution in [1.29, 1.82) is 0 Å². The molecule has 1 heterocycles. The second kappa shape index (κ2) is 7.56. The van der Waals surface area contributed by atoms with Gasteiger partial charge in [0.05, 0.1) is 12.3 Å². The van der Waals surface area contributed by atoms with E-state index in [2.05, 4.69) is 5.32 Å². The monoisotopic (exact) mass is 302 g/mol. The highest BCUT2D eigenvalue weighted by Gasteiger charge is 2.17. The number of nitrogens with one attached hydrogen (secondary N) is 1. The lowest BCUT2D eigenvalue weighted by molar-refractivity contribution is -0.116. The Balaban J connectivity index is 1.90. The summed E-state index contributed by atoms with van der Waals surface area (Å²) in [7, 11) is 3.85. The zero-order valence-electron chi connectivity index (χ0n) is 12.6. The zero-order chi connectivity index (χ0) is 15.9. The van der Waals surface area contributed by atoms with Gasteiger partial charge >= 0.3 is 0 Å². The van der Waals surface area contributed by atoms with Gasteiger partial charge in [-0.25, -0.2) is 4.39 Å². The zero-order valence-corrected chi connectivity index (χ0v) is 12.6. The van der Waals surface area contributed by atoms with Gasteiger partial charge in [-0.2, -0.15) is 0 Å². The molecule has 0 aliphatic carbocycles. The molecule has 2 aromatic rings. The minimum Gasteiger partial charge on any atom is -0.468 e. The molecule has 1 N–H and O–H groups in total. The summed E-state index contributed by atoms with van der Waals surface area (Å²) in [6.45, 7) is 0.438. The first-order chi connectivity index (χ1) is 10.6. The minimum atomic E-state index is -0.297. The van der Waals surface area contributed by atoms with E-state index in [1.54, 1.807) is 24.5 Å². The molecule has 0 radical (unpaired) electrons. The molecule has 0 bridgehead atoms. The fourth-order valence-electron chi connectivity index (χ4n) is 2.02. The van der Waals surface area contributed by atoms with E-state index in [-0.39, 0.29) is 17.8 Å². The summed E-state index contributed by atoms with van der Waals surface area (Å²) in [5.41, 5.74) is 0.770. The van der Waals surface area contributed by atoms with E-state index in [1.165, 1.54) is 18.2 Å². The molecule has 0 fully saturated rings. The summed E-state index contributed by atoms with van der Waals surface area (Å²) in [6.07, 6.45) is 4.69. The molecular formula is C17H19FN2O2. The number of rotatable bonds is 6. The maximum absolute atomic E-state index is 12.8. The number of nitrogens with zero attached hydrogens (tertiary/aromatic N) is 1. The van der Waals surface area contributed by atoms with Crippen LogP contribution in [0.25, 0.3) is 6.08 Å². The molecule has 1 aromatic carbocycles. The van der Waals surface area contributed by atoms with Crippen molar-refractivity contribution in [2.75, 3.05) is 20.6 Å². The maximum atomic E-state index is 12.8. The molecule has 0 saturated heterocycles. The van der Waals surface area contributed by atoms with Crippen molar-refractivity contribution in [1.82, 2.24) is 10.2 Å². The predicted molar refractivity (Wildman–Crippen MR) is 83.6 cm³/mol. The average molecular weight is 302 g/mol. The topological polar surface area (TPSA) is 45.5 Å². The Morgan fingerprint density at radius 2 is 2.05 bits per heavy atom. The van der Waals surface area contributed by atoms with E-state index in [4.69, 9.17) is 4.42 Å². The van der Waals surface area contributed by atoms with Crippen LogP contribution in [0.3, 0.4) is 0 Å². The van der Waals surface area contributed by atoms with Crippen LogP contribution in [0.2, 0.25) is 0 Å². The van der Waals surface area contributed by atoms with E-state index in [0.717, 1.165) is 11.3 Å². The fraction of sp³-hybridized carbons (Fsp3) is 0.235. The van der Waals surface area contributed by atoms with Crippen molar-refractivity contribution in [3.05, 3.63) is 65.9 Å². The normalized spacial score (nSPS) is 12.7. The van der Waals surface area contributed by atoms with Crippen molar-refractivity contribution in [2.45, 2.75) is 6.04 Å². The first-order valence-corrected chi connectivity index (χ1v) is 6.97. The Morgan fingerprint density at radius 1 is 1.32 bits per heavy atom. The van der Waals surface area contributed by atoms with Crippen LogP contribution in [0.4, 0.5) is 4.39 Å². The summed E-state index contributed by atoms with van der Waals surface area (Å²) < 4.78 is 18.2. The van der Waals surface area contributed by atoms with Gasteiger partial charge in [-0.1, -0.05) is 12.1 Å². The first kappa shape index (κ1) is 16.0. The Morgan fingerprint density at radius 3 is 2.64 bits per heavy atom. The van der Waals surface area contributed by atoms with Gasteiger partial charge in [-0.05, 0) is 50.0 Å². The van der Waals surface area contributed by atoms with Crippen molar-refractivity contribution >= 4 is 12.0 Å².